The van der Waals surface area contributed by atoms with Crippen molar-refractivity contribution < 1.29 is 4.42 Å². The molecule has 0 atom stereocenters. The van der Waals surface area contributed by atoms with E-state index in [0.717, 1.165) is 16.6 Å². The number of para-hydroxylation sites is 1. The van der Waals surface area contributed by atoms with E-state index in [1.54, 1.807) is 0 Å². The summed E-state index contributed by atoms with van der Waals surface area (Å²) in [6.07, 6.45) is 0. The van der Waals surface area contributed by atoms with E-state index in [1.165, 1.54) is 71.1 Å². The van der Waals surface area contributed by atoms with E-state index < -0.39 is 0 Å². The van der Waals surface area contributed by atoms with Crippen molar-refractivity contribution in [2.45, 2.75) is 0 Å². The standard InChI is InChI=1S/C42H26O/c1-2-13-30-27(11-1)12-9-19-31(30)28-23-25-29(26-24-28)40-32-14-3-5-16-34(32)41(35-17-6-4-15-33(35)40)37-20-10-22-39-42(37)36-18-7-8-21-38(36)43-39/h1-26H. The van der Waals surface area contributed by atoms with Crippen LogP contribution in [0.3, 0.4) is 0 Å². The van der Waals surface area contributed by atoms with Gasteiger partial charge >= 0.3 is 0 Å². The fraction of sp³-hybridized carbons (Fsp3) is 0. The van der Waals surface area contributed by atoms with Gasteiger partial charge in [0, 0.05) is 10.8 Å². The molecule has 0 saturated heterocycles. The average molecular weight is 547 g/mol. The fourth-order valence-corrected chi connectivity index (χ4v) is 7.01. The van der Waals surface area contributed by atoms with E-state index in [-0.39, 0.29) is 0 Å². The average Bonchev–Trinajstić information content (AvgIpc) is 3.46. The molecule has 0 aliphatic rings. The van der Waals surface area contributed by atoms with Crippen LogP contribution in [0.2, 0.25) is 0 Å². The van der Waals surface area contributed by atoms with Crippen LogP contribution in [0, 0.1) is 0 Å². The van der Waals surface area contributed by atoms with E-state index in [1.807, 2.05) is 6.07 Å². The first-order valence-electron chi connectivity index (χ1n) is 14.8. The Bertz CT molecular complexity index is 2430. The minimum absolute atomic E-state index is 0.917. The number of hydrogen-bond acceptors (Lipinski definition) is 1. The largest absolute Gasteiger partial charge is 0.456 e. The van der Waals surface area contributed by atoms with Crippen LogP contribution in [0.1, 0.15) is 0 Å². The monoisotopic (exact) mass is 546 g/mol. The van der Waals surface area contributed by atoms with Crippen molar-refractivity contribution in [2.75, 3.05) is 0 Å². The highest BCUT2D eigenvalue weighted by molar-refractivity contribution is 6.25. The van der Waals surface area contributed by atoms with E-state index in [9.17, 15) is 0 Å². The molecular weight excluding hydrogens is 520 g/mol. The third kappa shape index (κ3) is 3.65. The van der Waals surface area contributed by atoms with E-state index >= 15 is 0 Å². The molecule has 1 heteroatoms. The topological polar surface area (TPSA) is 13.1 Å². The molecule has 1 aromatic heterocycles. The Hall–Kier alpha value is -5.66. The Balaban J connectivity index is 1.31. The molecule has 0 radical (unpaired) electrons. The van der Waals surface area contributed by atoms with E-state index in [0.29, 0.717) is 0 Å². The lowest BCUT2D eigenvalue weighted by atomic mass is 9.84. The van der Waals surface area contributed by atoms with Gasteiger partial charge in [-0.05, 0) is 77.8 Å². The first kappa shape index (κ1) is 24.0. The number of hydrogen-bond donors (Lipinski definition) is 0. The summed E-state index contributed by atoms with van der Waals surface area (Å²) in [5, 5.41) is 9.84. The van der Waals surface area contributed by atoms with Gasteiger partial charge in [-0.3, -0.25) is 0 Å². The van der Waals surface area contributed by atoms with Crippen LogP contribution in [0.25, 0.3) is 87.6 Å². The summed E-state index contributed by atoms with van der Waals surface area (Å²) in [5.41, 5.74) is 9.26. The molecule has 0 aliphatic heterocycles. The lowest BCUT2D eigenvalue weighted by Gasteiger charge is -2.18. The maximum atomic E-state index is 6.31. The summed E-state index contributed by atoms with van der Waals surface area (Å²) in [5.74, 6) is 0. The highest BCUT2D eigenvalue weighted by Gasteiger charge is 2.20. The minimum Gasteiger partial charge on any atom is -0.456 e. The maximum Gasteiger partial charge on any atom is 0.136 e. The van der Waals surface area contributed by atoms with Crippen LogP contribution in [-0.2, 0) is 0 Å². The summed E-state index contributed by atoms with van der Waals surface area (Å²) >= 11 is 0. The second kappa shape index (κ2) is 9.44. The van der Waals surface area contributed by atoms with Crippen LogP contribution in [-0.4, -0.2) is 0 Å². The second-order valence-electron chi connectivity index (χ2n) is 11.2. The Morgan fingerprint density at radius 2 is 0.791 bits per heavy atom. The van der Waals surface area contributed by atoms with Crippen molar-refractivity contribution in [3.05, 3.63) is 158 Å². The number of benzene rings is 8. The molecule has 1 nitrogen and oxygen atoms in total. The minimum atomic E-state index is 0.917. The first-order valence-corrected chi connectivity index (χ1v) is 14.8. The Labute approximate surface area is 249 Å². The molecule has 0 amide bonds. The van der Waals surface area contributed by atoms with Crippen molar-refractivity contribution >= 4 is 54.3 Å². The molecule has 8 aromatic carbocycles. The molecule has 0 unspecified atom stereocenters. The summed E-state index contributed by atoms with van der Waals surface area (Å²) in [6, 6.07) is 56.8. The van der Waals surface area contributed by atoms with Gasteiger partial charge in [0.2, 0.25) is 0 Å². The fourth-order valence-electron chi connectivity index (χ4n) is 7.01. The molecular formula is C42H26O. The molecule has 9 aromatic rings. The van der Waals surface area contributed by atoms with E-state index in [2.05, 4.69) is 152 Å². The van der Waals surface area contributed by atoms with Crippen LogP contribution in [0.15, 0.2) is 162 Å². The van der Waals surface area contributed by atoms with Gasteiger partial charge in [-0.2, -0.15) is 0 Å². The predicted molar refractivity (Wildman–Crippen MR) is 183 cm³/mol. The molecule has 200 valence electrons. The SMILES string of the molecule is c1ccc2c(-c3ccc(-c4c5ccccc5c(-c5cccc6oc7ccccc7c56)c5ccccc45)cc3)cccc2c1. The molecule has 0 bridgehead atoms. The molecule has 0 fully saturated rings. The van der Waals surface area contributed by atoms with Gasteiger partial charge in [-0.1, -0.05) is 146 Å². The lowest BCUT2D eigenvalue weighted by Crippen LogP contribution is -1.91. The smallest absolute Gasteiger partial charge is 0.136 e. The van der Waals surface area contributed by atoms with Gasteiger partial charge in [0.25, 0.3) is 0 Å². The zero-order valence-corrected chi connectivity index (χ0v) is 23.4. The van der Waals surface area contributed by atoms with Crippen molar-refractivity contribution in [3.63, 3.8) is 0 Å². The van der Waals surface area contributed by atoms with Crippen molar-refractivity contribution in [2.24, 2.45) is 0 Å². The van der Waals surface area contributed by atoms with Gasteiger partial charge < -0.3 is 4.42 Å². The van der Waals surface area contributed by atoms with Gasteiger partial charge in [0.15, 0.2) is 0 Å². The van der Waals surface area contributed by atoms with Gasteiger partial charge in [0.05, 0.1) is 0 Å². The molecule has 0 N–H and O–H groups in total. The normalized spacial score (nSPS) is 11.7. The van der Waals surface area contributed by atoms with Crippen LogP contribution in [0.4, 0.5) is 0 Å². The van der Waals surface area contributed by atoms with Crippen LogP contribution < -0.4 is 0 Å². The number of fused-ring (bicyclic) bond motifs is 6. The molecule has 0 saturated carbocycles. The predicted octanol–water partition coefficient (Wildman–Crippen LogP) is 12.0. The molecule has 0 aliphatic carbocycles. The Morgan fingerprint density at radius 1 is 0.302 bits per heavy atom. The zero-order chi connectivity index (χ0) is 28.3. The van der Waals surface area contributed by atoms with Crippen molar-refractivity contribution in [1.82, 2.24) is 0 Å². The van der Waals surface area contributed by atoms with Crippen LogP contribution in [0.5, 0.6) is 0 Å². The molecule has 9 rings (SSSR count). The second-order valence-corrected chi connectivity index (χ2v) is 11.2. The lowest BCUT2D eigenvalue weighted by molar-refractivity contribution is 0.669. The number of rotatable bonds is 3. The Morgan fingerprint density at radius 3 is 1.51 bits per heavy atom. The quantitative estimate of drug-likeness (QED) is 0.201. The maximum absolute atomic E-state index is 6.31. The van der Waals surface area contributed by atoms with Crippen molar-refractivity contribution in [3.8, 4) is 33.4 Å². The van der Waals surface area contributed by atoms with Crippen molar-refractivity contribution in [1.29, 1.82) is 0 Å². The molecule has 43 heavy (non-hydrogen) atoms. The van der Waals surface area contributed by atoms with E-state index in [4.69, 9.17) is 4.42 Å². The van der Waals surface area contributed by atoms with Gasteiger partial charge in [-0.25, -0.2) is 0 Å². The van der Waals surface area contributed by atoms with Gasteiger partial charge in [-0.15, -0.1) is 0 Å². The summed E-state index contributed by atoms with van der Waals surface area (Å²) < 4.78 is 6.31. The van der Waals surface area contributed by atoms with Gasteiger partial charge in [0.1, 0.15) is 11.2 Å². The third-order valence-corrected chi connectivity index (χ3v) is 8.88. The highest BCUT2D eigenvalue weighted by atomic mass is 16.3. The zero-order valence-electron chi connectivity index (χ0n) is 23.4. The first-order chi connectivity index (χ1) is 21.3. The Kier molecular flexibility index (Phi) is 5.27. The molecule has 1 heterocycles. The summed E-state index contributed by atoms with van der Waals surface area (Å²) in [7, 11) is 0. The molecule has 0 spiro atoms. The van der Waals surface area contributed by atoms with Crippen LogP contribution >= 0.6 is 0 Å². The number of furan rings is 1. The highest BCUT2D eigenvalue weighted by Crippen LogP contribution is 2.47. The summed E-state index contributed by atoms with van der Waals surface area (Å²) in [4.78, 5) is 0. The summed E-state index contributed by atoms with van der Waals surface area (Å²) in [6.45, 7) is 0. The third-order valence-electron chi connectivity index (χ3n) is 8.88.